The average molecular weight is 292 g/mol. The Morgan fingerprint density at radius 1 is 0.950 bits per heavy atom. The lowest BCUT2D eigenvalue weighted by atomic mass is 10.3. The predicted molar refractivity (Wildman–Crippen MR) is 74.0 cm³/mol. The van der Waals surface area contributed by atoms with E-state index in [4.69, 9.17) is 9.66 Å². The number of aromatic nitrogens is 2. The van der Waals surface area contributed by atoms with Gasteiger partial charge in [0.2, 0.25) is 0 Å². The van der Waals surface area contributed by atoms with Crippen LogP contribution >= 0.6 is 0 Å². The van der Waals surface area contributed by atoms with Crippen molar-refractivity contribution in [2.45, 2.75) is 5.16 Å². The van der Waals surface area contributed by atoms with Gasteiger partial charge in [0.1, 0.15) is 5.75 Å². The third-order valence-electron chi connectivity index (χ3n) is 2.37. The summed E-state index contributed by atoms with van der Waals surface area (Å²) in [5.41, 5.74) is 1.09. The van der Waals surface area contributed by atoms with Gasteiger partial charge in [-0.1, -0.05) is 30.3 Å². The van der Waals surface area contributed by atoms with E-state index in [2.05, 4.69) is 9.97 Å². The number of hydrogen-bond acceptors (Lipinski definition) is 4. The van der Waals surface area contributed by atoms with Crippen LogP contribution in [0.4, 0.5) is 0 Å². The number of benzene rings is 2. The van der Waals surface area contributed by atoms with Gasteiger partial charge in [-0.25, -0.2) is 4.98 Å². The summed E-state index contributed by atoms with van der Waals surface area (Å²) in [6.07, 6.45) is 0. The Morgan fingerprint density at radius 3 is 2.05 bits per heavy atom. The molecule has 2 aromatic carbocycles. The fourth-order valence-corrected chi connectivity index (χ4v) is 1.93. The van der Waals surface area contributed by atoms with E-state index in [9.17, 15) is 8.42 Å². The molecule has 0 spiro atoms. The van der Waals surface area contributed by atoms with Crippen molar-refractivity contribution >= 4 is 21.2 Å². The van der Waals surface area contributed by atoms with Crippen LogP contribution in [0.15, 0.2) is 59.8 Å². The van der Waals surface area contributed by atoms with Gasteiger partial charge < -0.3 is 10.1 Å². The maximum Gasteiger partial charge on any atom is 0.328 e. The molecule has 3 N–H and O–H groups in total. The first-order chi connectivity index (χ1) is 9.47. The molecule has 3 aromatic rings. The molecule has 1 heterocycles. The van der Waals surface area contributed by atoms with Crippen molar-refractivity contribution in [3.05, 3.63) is 54.6 Å². The number of hydrogen-bond donors (Lipinski definition) is 3. The molecule has 104 valence electrons. The molecule has 0 radical (unpaired) electrons. The van der Waals surface area contributed by atoms with Gasteiger partial charge in [0.25, 0.3) is 5.16 Å². The molecule has 0 amide bonds. The smallest absolute Gasteiger partial charge is 0.328 e. The molecule has 0 saturated heterocycles. The highest BCUT2D eigenvalue weighted by Crippen LogP contribution is 2.12. The molecule has 0 fully saturated rings. The van der Waals surface area contributed by atoms with E-state index in [-0.39, 0.29) is 0 Å². The quantitative estimate of drug-likeness (QED) is 0.597. The Kier molecular flexibility index (Phi) is 4.02. The summed E-state index contributed by atoms with van der Waals surface area (Å²) in [4.78, 5) is 6.18. The highest BCUT2D eigenvalue weighted by atomic mass is 32.2. The lowest BCUT2D eigenvalue weighted by Crippen LogP contribution is -1.99. The van der Waals surface area contributed by atoms with E-state index < -0.39 is 15.3 Å². The average Bonchev–Trinajstić information content (AvgIpc) is 2.84. The number of phenolic OH excluding ortho intramolecular Hbond substituents is 1. The Morgan fingerprint density at radius 2 is 1.55 bits per heavy atom. The van der Waals surface area contributed by atoms with Crippen molar-refractivity contribution in [1.82, 2.24) is 9.97 Å². The van der Waals surface area contributed by atoms with Crippen LogP contribution in [0.2, 0.25) is 0 Å². The highest BCUT2D eigenvalue weighted by molar-refractivity contribution is 7.85. The number of phenols is 1. The molecule has 0 saturated carbocycles. The third-order valence-corrected chi connectivity index (χ3v) is 3.05. The lowest BCUT2D eigenvalue weighted by Gasteiger charge is -1.85. The fourth-order valence-electron chi connectivity index (χ4n) is 1.48. The molecule has 0 bridgehead atoms. The van der Waals surface area contributed by atoms with Gasteiger partial charge in [-0.3, -0.25) is 4.55 Å². The van der Waals surface area contributed by atoms with Crippen LogP contribution in [-0.2, 0) is 10.1 Å². The van der Waals surface area contributed by atoms with Crippen molar-refractivity contribution in [2.24, 2.45) is 0 Å². The van der Waals surface area contributed by atoms with Gasteiger partial charge in [0, 0.05) is 0 Å². The number of H-pyrrole nitrogens is 1. The van der Waals surface area contributed by atoms with Crippen LogP contribution < -0.4 is 0 Å². The van der Waals surface area contributed by atoms with Crippen LogP contribution in [0, 0.1) is 0 Å². The summed E-state index contributed by atoms with van der Waals surface area (Å²) >= 11 is 0. The zero-order valence-corrected chi connectivity index (χ0v) is 11.1. The lowest BCUT2D eigenvalue weighted by molar-refractivity contribution is 0.474. The molecule has 0 aliphatic heterocycles. The zero-order chi connectivity index (χ0) is 14.6. The number of aromatic amines is 1. The predicted octanol–water partition coefficient (Wildman–Crippen LogP) is 2.20. The maximum absolute atomic E-state index is 10.7. The molecule has 3 rings (SSSR count). The first-order valence-electron chi connectivity index (χ1n) is 5.63. The molecule has 1 aromatic heterocycles. The third kappa shape index (κ3) is 3.56. The Balaban J connectivity index is 0.000000178. The van der Waals surface area contributed by atoms with Gasteiger partial charge in [-0.2, -0.15) is 8.42 Å². The number of para-hydroxylation sites is 3. The molecule has 7 heteroatoms. The number of nitrogens with zero attached hydrogens (tertiary/aromatic N) is 1. The Bertz CT molecular complexity index is 764. The van der Waals surface area contributed by atoms with Crippen molar-refractivity contribution in [2.75, 3.05) is 0 Å². The van der Waals surface area contributed by atoms with E-state index in [0.29, 0.717) is 16.8 Å². The number of aromatic hydroxyl groups is 1. The Labute approximate surface area is 115 Å². The monoisotopic (exact) mass is 292 g/mol. The SMILES string of the molecule is O=S(=O)(O)c1nc2ccccc2[nH]1.Oc1ccccc1. The highest BCUT2D eigenvalue weighted by Gasteiger charge is 2.14. The van der Waals surface area contributed by atoms with Gasteiger partial charge in [0.05, 0.1) is 11.0 Å². The normalized spacial score (nSPS) is 10.8. The fraction of sp³-hybridized carbons (Fsp3) is 0. The first kappa shape index (κ1) is 14.0. The van der Waals surface area contributed by atoms with E-state index in [1.165, 1.54) is 0 Å². The second-order valence-corrected chi connectivity index (χ2v) is 5.21. The molecule has 0 aliphatic rings. The summed E-state index contributed by atoms with van der Waals surface area (Å²) in [6.45, 7) is 0. The van der Waals surface area contributed by atoms with Crippen molar-refractivity contribution < 1.29 is 18.1 Å². The Hall–Kier alpha value is -2.38. The van der Waals surface area contributed by atoms with Crippen LogP contribution in [0.1, 0.15) is 0 Å². The van der Waals surface area contributed by atoms with Crippen LogP contribution in [0.3, 0.4) is 0 Å². The van der Waals surface area contributed by atoms with Crippen molar-refractivity contribution in [1.29, 1.82) is 0 Å². The van der Waals surface area contributed by atoms with Crippen LogP contribution in [0.25, 0.3) is 11.0 Å². The minimum absolute atomic E-state index is 0.322. The second-order valence-electron chi connectivity index (χ2n) is 3.87. The molecule has 0 aliphatic carbocycles. The van der Waals surface area contributed by atoms with E-state index in [1.807, 2.05) is 6.07 Å². The van der Waals surface area contributed by atoms with Gasteiger partial charge in [0.15, 0.2) is 0 Å². The molecule has 0 atom stereocenters. The standard InChI is InChI=1S/C7H6N2O3S.C6H6O/c10-13(11,12)7-8-5-3-1-2-4-6(5)9-7;7-6-4-2-1-3-5-6/h1-4H,(H,8,9)(H,10,11,12);1-5,7H. The number of fused-ring (bicyclic) bond motifs is 1. The second kappa shape index (κ2) is 5.72. The molecule has 6 nitrogen and oxygen atoms in total. The van der Waals surface area contributed by atoms with Gasteiger partial charge in [-0.15, -0.1) is 0 Å². The minimum Gasteiger partial charge on any atom is -0.508 e. The molecular formula is C13H12N2O4S. The maximum atomic E-state index is 10.7. The van der Waals surface area contributed by atoms with Gasteiger partial charge in [-0.05, 0) is 24.3 Å². The van der Waals surface area contributed by atoms with Crippen LogP contribution in [0.5, 0.6) is 5.75 Å². The van der Waals surface area contributed by atoms with Crippen LogP contribution in [-0.4, -0.2) is 28.0 Å². The number of imidazole rings is 1. The van der Waals surface area contributed by atoms with Gasteiger partial charge >= 0.3 is 10.1 Å². The first-order valence-corrected chi connectivity index (χ1v) is 7.07. The summed E-state index contributed by atoms with van der Waals surface area (Å²) in [5.74, 6) is 0.322. The largest absolute Gasteiger partial charge is 0.508 e. The van der Waals surface area contributed by atoms with E-state index >= 15 is 0 Å². The number of nitrogens with one attached hydrogen (secondary N) is 1. The van der Waals surface area contributed by atoms with E-state index in [0.717, 1.165) is 0 Å². The summed E-state index contributed by atoms with van der Waals surface area (Å²) in [7, 11) is -4.23. The molecule has 0 unspecified atom stereocenters. The molecule has 20 heavy (non-hydrogen) atoms. The summed E-state index contributed by atoms with van der Waals surface area (Å²) in [6, 6.07) is 15.5. The summed E-state index contributed by atoms with van der Waals surface area (Å²) < 4.78 is 30.0. The zero-order valence-electron chi connectivity index (χ0n) is 10.3. The van der Waals surface area contributed by atoms with Crippen molar-refractivity contribution in [3.63, 3.8) is 0 Å². The van der Waals surface area contributed by atoms with E-state index in [1.54, 1.807) is 48.5 Å². The molecular weight excluding hydrogens is 280 g/mol. The minimum atomic E-state index is -4.23. The van der Waals surface area contributed by atoms with Crippen molar-refractivity contribution in [3.8, 4) is 5.75 Å². The topological polar surface area (TPSA) is 103 Å². The number of rotatable bonds is 1. The summed E-state index contributed by atoms with van der Waals surface area (Å²) in [5, 5.41) is 8.21.